The first-order valence-electron chi connectivity index (χ1n) is 7.26. The second-order valence-corrected chi connectivity index (χ2v) is 4.83. The van der Waals surface area contributed by atoms with Crippen LogP contribution in [0, 0.1) is 0 Å². The van der Waals surface area contributed by atoms with Gasteiger partial charge in [-0.2, -0.15) is 0 Å². The Bertz CT molecular complexity index is 595. The molecule has 0 aliphatic carbocycles. The third kappa shape index (κ3) is 4.54. The van der Waals surface area contributed by atoms with Crippen LogP contribution in [0.2, 0.25) is 0 Å². The van der Waals surface area contributed by atoms with Crippen LogP contribution in [0.15, 0.2) is 24.3 Å². The van der Waals surface area contributed by atoms with Crippen LogP contribution in [0.5, 0.6) is 5.75 Å². The van der Waals surface area contributed by atoms with Crippen molar-refractivity contribution in [3.63, 3.8) is 0 Å². The normalized spacial score (nSPS) is 10.5. The summed E-state index contributed by atoms with van der Waals surface area (Å²) < 4.78 is 12.0. The number of hydrogen-bond acceptors (Lipinski definition) is 6. The van der Waals surface area contributed by atoms with Crippen LogP contribution in [0.25, 0.3) is 0 Å². The zero-order chi connectivity index (χ0) is 15.8. The average molecular weight is 304 g/mol. The van der Waals surface area contributed by atoms with Crippen LogP contribution < -0.4 is 4.74 Å². The molecule has 0 unspecified atom stereocenters. The smallest absolute Gasteiger partial charge is 0.306 e. The van der Waals surface area contributed by atoms with E-state index in [4.69, 9.17) is 9.47 Å². The van der Waals surface area contributed by atoms with Crippen molar-refractivity contribution in [3.05, 3.63) is 35.7 Å². The third-order valence-electron chi connectivity index (χ3n) is 3.18. The Morgan fingerprint density at radius 1 is 1.27 bits per heavy atom. The van der Waals surface area contributed by atoms with Gasteiger partial charge in [-0.05, 0) is 41.0 Å². The molecule has 0 aliphatic heterocycles. The first-order valence-corrected chi connectivity index (χ1v) is 7.26. The highest BCUT2D eigenvalue weighted by Crippen LogP contribution is 2.13. The van der Waals surface area contributed by atoms with E-state index in [2.05, 4.69) is 15.5 Å². The van der Waals surface area contributed by atoms with Gasteiger partial charge in [-0.15, -0.1) is 5.10 Å². The van der Waals surface area contributed by atoms with E-state index >= 15 is 0 Å². The summed E-state index contributed by atoms with van der Waals surface area (Å²) in [6.07, 6.45) is 1.87. The van der Waals surface area contributed by atoms with E-state index in [1.54, 1.807) is 11.8 Å². The van der Waals surface area contributed by atoms with Crippen LogP contribution in [0.1, 0.15) is 31.2 Å². The molecular weight excluding hydrogens is 284 g/mol. The Morgan fingerprint density at radius 3 is 2.73 bits per heavy atom. The van der Waals surface area contributed by atoms with Crippen molar-refractivity contribution >= 4 is 5.97 Å². The van der Waals surface area contributed by atoms with Crippen molar-refractivity contribution < 1.29 is 14.3 Å². The molecule has 0 atom stereocenters. The third-order valence-corrected chi connectivity index (χ3v) is 3.18. The molecule has 2 rings (SSSR count). The minimum atomic E-state index is -0.262. The molecule has 7 heteroatoms. The van der Waals surface area contributed by atoms with Crippen molar-refractivity contribution in [3.8, 4) is 5.75 Å². The molecule has 22 heavy (non-hydrogen) atoms. The quantitative estimate of drug-likeness (QED) is 0.692. The number of carbonyl (C=O) groups is 1. The number of aromatic nitrogens is 4. The van der Waals surface area contributed by atoms with Gasteiger partial charge in [0.15, 0.2) is 12.4 Å². The SMILES string of the molecule is CCCn1nnnc1COC(=O)CCc1ccc(OC)cc1. The Hall–Kier alpha value is -2.44. The molecule has 2 aromatic rings. The van der Waals surface area contributed by atoms with Crippen LogP contribution in [-0.2, 0) is 29.1 Å². The van der Waals surface area contributed by atoms with E-state index in [9.17, 15) is 4.79 Å². The van der Waals surface area contributed by atoms with Crippen LogP contribution >= 0.6 is 0 Å². The second-order valence-electron chi connectivity index (χ2n) is 4.83. The van der Waals surface area contributed by atoms with Gasteiger partial charge in [-0.3, -0.25) is 4.79 Å². The molecule has 0 spiro atoms. The molecule has 0 N–H and O–H groups in total. The second kappa shape index (κ2) is 8.11. The topological polar surface area (TPSA) is 79.1 Å². The number of carbonyl (C=O) groups excluding carboxylic acids is 1. The Labute approximate surface area is 129 Å². The van der Waals surface area contributed by atoms with Gasteiger partial charge in [0, 0.05) is 13.0 Å². The van der Waals surface area contributed by atoms with Crippen molar-refractivity contribution in [2.45, 2.75) is 39.3 Å². The first kappa shape index (κ1) is 15.9. The summed E-state index contributed by atoms with van der Waals surface area (Å²) >= 11 is 0. The molecule has 1 aromatic heterocycles. The number of esters is 1. The Kier molecular flexibility index (Phi) is 5.88. The summed E-state index contributed by atoms with van der Waals surface area (Å²) in [6.45, 7) is 2.85. The number of rotatable bonds is 8. The number of benzene rings is 1. The molecule has 0 aliphatic rings. The lowest BCUT2D eigenvalue weighted by molar-refractivity contribution is -0.145. The van der Waals surface area contributed by atoms with Crippen LogP contribution in [0.3, 0.4) is 0 Å². The minimum absolute atomic E-state index is 0.106. The van der Waals surface area contributed by atoms with Gasteiger partial charge < -0.3 is 9.47 Å². The largest absolute Gasteiger partial charge is 0.497 e. The van der Waals surface area contributed by atoms with Crippen molar-refractivity contribution in [1.29, 1.82) is 0 Å². The maximum Gasteiger partial charge on any atom is 0.306 e. The predicted molar refractivity (Wildman–Crippen MR) is 79.2 cm³/mol. The Morgan fingerprint density at radius 2 is 2.05 bits per heavy atom. The van der Waals surface area contributed by atoms with Gasteiger partial charge in [0.1, 0.15) is 5.75 Å². The van der Waals surface area contributed by atoms with Gasteiger partial charge in [-0.25, -0.2) is 4.68 Å². The molecule has 0 bridgehead atoms. The standard InChI is InChI=1S/C15H20N4O3/c1-3-10-19-14(16-17-18-19)11-22-15(20)9-6-12-4-7-13(21-2)8-5-12/h4-5,7-8H,3,6,9-11H2,1-2H3. The fourth-order valence-electron chi connectivity index (χ4n) is 1.97. The van der Waals surface area contributed by atoms with Crippen molar-refractivity contribution in [1.82, 2.24) is 20.2 Å². The van der Waals surface area contributed by atoms with Gasteiger partial charge in [0.2, 0.25) is 0 Å². The maximum atomic E-state index is 11.8. The summed E-state index contributed by atoms with van der Waals surface area (Å²) in [5, 5.41) is 11.3. The van der Waals surface area contributed by atoms with E-state index in [-0.39, 0.29) is 12.6 Å². The summed E-state index contributed by atoms with van der Waals surface area (Å²) in [5.74, 6) is 1.11. The van der Waals surface area contributed by atoms with Crippen LogP contribution in [-0.4, -0.2) is 33.3 Å². The summed E-state index contributed by atoms with van der Waals surface area (Å²) in [6, 6.07) is 7.63. The van der Waals surface area contributed by atoms with Gasteiger partial charge in [-0.1, -0.05) is 19.1 Å². The molecule has 1 heterocycles. The van der Waals surface area contributed by atoms with E-state index in [0.29, 0.717) is 25.2 Å². The summed E-state index contributed by atoms with van der Waals surface area (Å²) in [5.41, 5.74) is 1.06. The van der Waals surface area contributed by atoms with Crippen molar-refractivity contribution in [2.75, 3.05) is 7.11 Å². The summed E-state index contributed by atoms with van der Waals surface area (Å²) in [4.78, 5) is 11.8. The molecule has 118 valence electrons. The minimum Gasteiger partial charge on any atom is -0.497 e. The average Bonchev–Trinajstić information content (AvgIpc) is 2.99. The van der Waals surface area contributed by atoms with E-state index in [0.717, 1.165) is 17.7 Å². The number of nitrogens with zero attached hydrogens (tertiary/aromatic N) is 4. The number of hydrogen-bond donors (Lipinski definition) is 0. The number of ether oxygens (including phenoxy) is 2. The molecule has 0 amide bonds. The highest BCUT2D eigenvalue weighted by atomic mass is 16.5. The molecule has 0 saturated carbocycles. The lowest BCUT2D eigenvalue weighted by Crippen LogP contribution is -2.11. The lowest BCUT2D eigenvalue weighted by Gasteiger charge is -2.06. The lowest BCUT2D eigenvalue weighted by atomic mass is 10.1. The predicted octanol–water partition coefficient (Wildman–Crippen LogP) is 1.77. The molecule has 0 saturated heterocycles. The molecule has 1 aromatic carbocycles. The van der Waals surface area contributed by atoms with E-state index in [1.165, 1.54) is 0 Å². The van der Waals surface area contributed by atoms with E-state index < -0.39 is 0 Å². The van der Waals surface area contributed by atoms with Gasteiger partial charge in [0.25, 0.3) is 0 Å². The van der Waals surface area contributed by atoms with Crippen molar-refractivity contribution in [2.24, 2.45) is 0 Å². The number of aryl methyl sites for hydroxylation is 2. The molecule has 0 radical (unpaired) electrons. The zero-order valence-corrected chi connectivity index (χ0v) is 12.9. The molecule has 0 fully saturated rings. The fraction of sp³-hybridized carbons (Fsp3) is 0.467. The highest BCUT2D eigenvalue weighted by Gasteiger charge is 2.09. The van der Waals surface area contributed by atoms with E-state index in [1.807, 2.05) is 31.2 Å². The van der Waals surface area contributed by atoms with Crippen LogP contribution in [0.4, 0.5) is 0 Å². The monoisotopic (exact) mass is 304 g/mol. The zero-order valence-electron chi connectivity index (χ0n) is 12.9. The maximum absolute atomic E-state index is 11.8. The van der Waals surface area contributed by atoms with Gasteiger partial charge >= 0.3 is 5.97 Å². The fourth-order valence-corrected chi connectivity index (χ4v) is 1.97. The molecular formula is C15H20N4O3. The Balaban J connectivity index is 1.76. The number of methoxy groups -OCH3 is 1. The molecule has 7 nitrogen and oxygen atoms in total. The summed E-state index contributed by atoms with van der Waals surface area (Å²) in [7, 11) is 1.62. The first-order chi connectivity index (χ1) is 10.7. The number of tetrazole rings is 1. The van der Waals surface area contributed by atoms with Gasteiger partial charge in [0.05, 0.1) is 7.11 Å². The highest BCUT2D eigenvalue weighted by molar-refractivity contribution is 5.69.